The Hall–Kier alpha value is -1.16. The fraction of sp³-hybridized carbons (Fsp3) is 0.714. The lowest BCUT2D eigenvalue weighted by molar-refractivity contribution is 0.0762. The SMILES string of the molecule is CCn1nccc1C(=O)C1(CN)CCCCCC1. The predicted molar refractivity (Wildman–Crippen MR) is 71.4 cm³/mol. The molecule has 1 aliphatic rings. The van der Waals surface area contributed by atoms with Gasteiger partial charge in [-0.15, -0.1) is 0 Å². The Balaban J connectivity index is 2.28. The highest BCUT2D eigenvalue weighted by molar-refractivity contribution is 5.99. The molecule has 0 radical (unpaired) electrons. The second kappa shape index (κ2) is 5.65. The first-order valence-electron chi connectivity index (χ1n) is 7.00. The molecule has 0 aliphatic heterocycles. The molecule has 0 spiro atoms. The molecule has 0 aromatic carbocycles. The van der Waals surface area contributed by atoms with Gasteiger partial charge < -0.3 is 5.73 Å². The number of hydrogen-bond acceptors (Lipinski definition) is 3. The second-order valence-corrected chi connectivity index (χ2v) is 5.26. The molecule has 0 unspecified atom stereocenters. The van der Waals surface area contributed by atoms with Crippen LogP contribution in [0.25, 0.3) is 0 Å². The second-order valence-electron chi connectivity index (χ2n) is 5.26. The zero-order valence-electron chi connectivity index (χ0n) is 11.2. The van der Waals surface area contributed by atoms with Gasteiger partial charge in [0, 0.05) is 24.7 Å². The van der Waals surface area contributed by atoms with Crippen molar-refractivity contribution in [1.82, 2.24) is 9.78 Å². The van der Waals surface area contributed by atoms with Gasteiger partial charge in [-0.25, -0.2) is 0 Å². The molecule has 4 heteroatoms. The minimum absolute atomic E-state index is 0.200. The third kappa shape index (κ3) is 2.34. The first-order chi connectivity index (χ1) is 8.73. The number of nitrogens with zero attached hydrogens (tertiary/aromatic N) is 2. The van der Waals surface area contributed by atoms with Crippen LogP contribution in [0.1, 0.15) is 55.9 Å². The van der Waals surface area contributed by atoms with Crippen molar-refractivity contribution < 1.29 is 4.79 Å². The summed E-state index contributed by atoms with van der Waals surface area (Å²) in [6.45, 7) is 3.20. The number of ketones is 1. The summed E-state index contributed by atoms with van der Waals surface area (Å²) in [4.78, 5) is 12.8. The van der Waals surface area contributed by atoms with Crippen molar-refractivity contribution in [3.05, 3.63) is 18.0 Å². The molecule has 2 N–H and O–H groups in total. The van der Waals surface area contributed by atoms with E-state index in [1.54, 1.807) is 10.9 Å². The molecule has 100 valence electrons. The number of nitrogens with two attached hydrogens (primary N) is 1. The van der Waals surface area contributed by atoms with E-state index in [0.29, 0.717) is 6.54 Å². The number of aryl methyl sites for hydroxylation is 1. The normalized spacial score (nSPS) is 19.4. The maximum absolute atomic E-state index is 12.8. The molecule has 0 atom stereocenters. The number of Topliss-reactive ketones (excluding diaryl/α,β-unsaturated/α-hetero) is 1. The molecule has 1 fully saturated rings. The molecular formula is C14H23N3O. The third-order valence-corrected chi connectivity index (χ3v) is 4.18. The summed E-state index contributed by atoms with van der Waals surface area (Å²) in [6.07, 6.45) is 8.24. The van der Waals surface area contributed by atoms with Crippen LogP contribution in [-0.4, -0.2) is 22.1 Å². The minimum atomic E-state index is -0.344. The zero-order chi connectivity index (χ0) is 13.0. The van der Waals surface area contributed by atoms with E-state index >= 15 is 0 Å². The molecule has 4 nitrogen and oxygen atoms in total. The number of hydrogen-bond donors (Lipinski definition) is 1. The predicted octanol–water partition coefficient (Wildman–Crippen LogP) is 2.39. The largest absolute Gasteiger partial charge is 0.329 e. The number of carbonyl (C=O) groups is 1. The van der Waals surface area contributed by atoms with Crippen molar-refractivity contribution in [2.45, 2.75) is 52.0 Å². The molecule has 1 saturated carbocycles. The van der Waals surface area contributed by atoms with Gasteiger partial charge in [-0.1, -0.05) is 25.7 Å². The lowest BCUT2D eigenvalue weighted by atomic mass is 9.75. The van der Waals surface area contributed by atoms with Gasteiger partial charge in [0.25, 0.3) is 0 Å². The van der Waals surface area contributed by atoms with Gasteiger partial charge in [-0.05, 0) is 25.8 Å². The first-order valence-corrected chi connectivity index (χ1v) is 7.00. The van der Waals surface area contributed by atoms with Crippen molar-refractivity contribution >= 4 is 5.78 Å². The summed E-state index contributed by atoms with van der Waals surface area (Å²) in [5, 5.41) is 4.19. The maximum atomic E-state index is 12.8. The van der Waals surface area contributed by atoms with E-state index in [1.807, 2.05) is 13.0 Å². The Morgan fingerprint density at radius 2 is 2.06 bits per heavy atom. The van der Waals surface area contributed by atoms with Crippen molar-refractivity contribution in [2.75, 3.05) is 6.54 Å². The summed E-state index contributed by atoms with van der Waals surface area (Å²) in [5.74, 6) is 0.200. The lowest BCUT2D eigenvalue weighted by Crippen LogP contribution is -2.39. The highest BCUT2D eigenvalue weighted by atomic mass is 16.1. The molecule has 0 amide bonds. The molecule has 0 saturated heterocycles. The number of carbonyl (C=O) groups excluding carboxylic acids is 1. The summed E-state index contributed by atoms with van der Waals surface area (Å²) < 4.78 is 1.78. The molecule has 1 aromatic rings. The Morgan fingerprint density at radius 1 is 1.39 bits per heavy atom. The summed E-state index contributed by atoms with van der Waals surface area (Å²) in [7, 11) is 0. The number of rotatable bonds is 4. The quantitative estimate of drug-likeness (QED) is 0.658. The maximum Gasteiger partial charge on any atom is 0.188 e. The van der Waals surface area contributed by atoms with E-state index in [1.165, 1.54) is 12.8 Å². The average Bonchev–Trinajstić information content (AvgIpc) is 2.74. The van der Waals surface area contributed by atoms with Crippen LogP contribution in [0.5, 0.6) is 0 Å². The van der Waals surface area contributed by atoms with E-state index < -0.39 is 0 Å². The van der Waals surface area contributed by atoms with Gasteiger partial charge in [0.15, 0.2) is 5.78 Å². The topological polar surface area (TPSA) is 60.9 Å². The third-order valence-electron chi connectivity index (χ3n) is 4.18. The van der Waals surface area contributed by atoms with Crippen molar-refractivity contribution in [3.8, 4) is 0 Å². The Bertz CT molecular complexity index is 403. The fourth-order valence-corrected chi connectivity index (χ4v) is 2.98. The standard InChI is InChI=1S/C14H23N3O/c1-2-17-12(7-10-16-17)13(18)14(11-15)8-5-3-4-6-9-14/h7,10H,2-6,8-9,11,15H2,1H3. The van der Waals surface area contributed by atoms with Crippen LogP contribution in [0.3, 0.4) is 0 Å². The molecule has 0 bridgehead atoms. The molecule has 2 rings (SSSR count). The van der Waals surface area contributed by atoms with Crippen LogP contribution >= 0.6 is 0 Å². The van der Waals surface area contributed by atoms with E-state index in [0.717, 1.165) is 37.9 Å². The molecule has 1 heterocycles. The lowest BCUT2D eigenvalue weighted by Gasteiger charge is -2.29. The van der Waals surface area contributed by atoms with Crippen molar-refractivity contribution in [1.29, 1.82) is 0 Å². The monoisotopic (exact) mass is 249 g/mol. The molecule has 1 aromatic heterocycles. The Labute approximate surface area is 109 Å². The zero-order valence-corrected chi connectivity index (χ0v) is 11.2. The van der Waals surface area contributed by atoms with Crippen LogP contribution in [0, 0.1) is 5.41 Å². The van der Waals surface area contributed by atoms with E-state index in [9.17, 15) is 4.79 Å². The highest BCUT2D eigenvalue weighted by Gasteiger charge is 2.38. The summed E-state index contributed by atoms with van der Waals surface area (Å²) in [6, 6.07) is 1.83. The van der Waals surface area contributed by atoms with Crippen molar-refractivity contribution in [3.63, 3.8) is 0 Å². The average molecular weight is 249 g/mol. The van der Waals surface area contributed by atoms with Crippen LogP contribution in [-0.2, 0) is 6.54 Å². The van der Waals surface area contributed by atoms with Gasteiger partial charge in [-0.3, -0.25) is 9.48 Å². The smallest absolute Gasteiger partial charge is 0.188 e. The van der Waals surface area contributed by atoms with Crippen LogP contribution < -0.4 is 5.73 Å². The summed E-state index contributed by atoms with van der Waals surface area (Å²) in [5.41, 5.74) is 6.34. The Morgan fingerprint density at radius 3 is 2.61 bits per heavy atom. The van der Waals surface area contributed by atoms with Gasteiger partial charge in [0.05, 0.1) is 0 Å². The van der Waals surface area contributed by atoms with Gasteiger partial charge in [0.2, 0.25) is 0 Å². The van der Waals surface area contributed by atoms with Crippen molar-refractivity contribution in [2.24, 2.45) is 11.1 Å². The van der Waals surface area contributed by atoms with E-state index in [4.69, 9.17) is 5.73 Å². The minimum Gasteiger partial charge on any atom is -0.329 e. The van der Waals surface area contributed by atoms with E-state index in [2.05, 4.69) is 5.10 Å². The highest BCUT2D eigenvalue weighted by Crippen LogP contribution is 2.37. The van der Waals surface area contributed by atoms with Gasteiger partial charge >= 0.3 is 0 Å². The number of aromatic nitrogens is 2. The van der Waals surface area contributed by atoms with E-state index in [-0.39, 0.29) is 11.2 Å². The molecule has 18 heavy (non-hydrogen) atoms. The summed E-state index contributed by atoms with van der Waals surface area (Å²) >= 11 is 0. The van der Waals surface area contributed by atoms with Gasteiger partial charge in [-0.2, -0.15) is 5.10 Å². The first kappa shape index (κ1) is 13.3. The molecular weight excluding hydrogens is 226 g/mol. The van der Waals surface area contributed by atoms with Gasteiger partial charge in [0.1, 0.15) is 5.69 Å². The van der Waals surface area contributed by atoms with Crippen LogP contribution in [0.2, 0.25) is 0 Å². The fourth-order valence-electron chi connectivity index (χ4n) is 2.98. The van der Waals surface area contributed by atoms with Crippen LogP contribution in [0.4, 0.5) is 0 Å². The Kier molecular flexibility index (Phi) is 4.17. The molecule has 1 aliphatic carbocycles. The van der Waals surface area contributed by atoms with Crippen LogP contribution in [0.15, 0.2) is 12.3 Å².